The van der Waals surface area contributed by atoms with Gasteiger partial charge >= 0.3 is 0 Å². The molecule has 1 heterocycles. The number of likely N-dealkylation sites (tertiary alicyclic amines) is 1. The van der Waals surface area contributed by atoms with Gasteiger partial charge in [-0.2, -0.15) is 0 Å². The second-order valence-electron chi connectivity index (χ2n) is 5.94. The highest BCUT2D eigenvalue weighted by atomic mass is 15.1. The van der Waals surface area contributed by atoms with Gasteiger partial charge in [0.15, 0.2) is 0 Å². The SMILES string of the molecule is CCC1CCCN(CC2CCC(N)C2)CC1. The molecular weight excluding hydrogens is 196 g/mol. The Hall–Kier alpha value is -0.0800. The minimum atomic E-state index is 0.500. The van der Waals surface area contributed by atoms with Crippen LogP contribution in [-0.2, 0) is 0 Å². The van der Waals surface area contributed by atoms with Crippen molar-refractivity contribution in [1.29, 1.82) is 0 Å². The van der Waals surface area contributed by atoms with Crippen molar-refractivity contribution in [3.8, 4) is 0 Å². The molecule has 0 aromatic carbocycles. The van der Waals surface area contributed by atoms with Crippen molar-refractivity contribution in [2.45, 2.75) is 57.9 Å². The van der Waals surface area contributed by atoms with Crippen molar-refractivity contribution in [1.82, 2.24) is 4.90 Å². The molecule has 0 aromatic rings. The Morgan fingerprint density at radius 1 is 1.06 bits per heavy atom. The number of nitrogens with two attached hydrogens (primary N) is 1. The fourth-order valence-electron chi connectivity index (χ4n) is 3.46. The first kappa shape index (κ1) is 12.4. The molecule has 1 aliphatic carbocycles. The van der Waals surface area contributed by atoms with E-state index in [-0.39, 0.29) is 0 Å². The van der Waals surface area contributed by atoms with Gasteiger partial charge in [-0.1, -0.05) is 13.3 Å². The molecule has 2 heteroatoms. The average molecular weight is 224 g/mol. The normalized spacial score (nSPS) is 37.5. The van der Waals surface area contributed by atoms with Crippen molar-refractivity contribution < 1.29 is 0 Å². The van der Waals surface area contributed by atoms with E-state index in [1.54, 1.807) is 0 Å². The van der Waals surface area contributed by atoms with Crippen molar-refractivity contribution >= 4 is 0 Å². The largest absolute Gasteiger partial charge is 0.328 e. The molecular formula is C14H28N2. The Morgan fingerprint density at radius 3 is 2.62 bits per heavy atom. The van der Waals surface area contributed by atoms with E-state index in [1.807, 2.05) is 0 Å². The summed E-state index contributed by atoms with van der Waals surface area (Å²) in [5.41, 5.74) is 5.99. The zero-order valence-corrected chi connectivity index (χ0v) is 10.8. The third-order valence-corrected chi connectivity index (χ3v) is 4.62. The fourth-order valence-corrected chi connectivity index (χ4v) is 3.46. The lowest BCUT2D eigenvalue weighted by Gasteiger charge is -2.23. The van der Waals surface area contributed by atoms with E-state index in [2.05, 4.69) is 11.8 Å². The lowest BCUT2D eigenvalue weighted by atomic mass is 9.98. The Bertz CT molecular complexity index is 205. The maximum absolute atomic E-state index is 5.99. The first-order chi connectivity index (χ1) is 7.78. The standard InChI is InChI=1S/C14H28N2/c1-2-12-4-3-8-16(9-7-12)11-13-5-6-14(15)10-13/h12-14H,2-11,15H2,1H3. The highest BCUT2D eigenvalue weighted by Crippen LogP contribution is 2.27. The molecule has 0 radical (unpaired) electrons. The molecule has 0 amide bonds. The molecule has 1 saturated carbocycles. The molecule has 3 atom stereocenters. The molecule has 1 saturated heterocycles. The maximum atomic E-state index is 5.99. The minimum absolute atomic E-state index is 0.500. The van der Waals surface area contributed by atoms with Crippen LogP contribution < -0.4 is 5.73 Å². The molecule has 2 nitrogen and oxygen atoms in total. The molecule has 16 heavy (non-hydrogen) atoms. The van der Waals surface area contributed by atoms with E-state index >= 15 is 0 Å². The van der Waals surface area contributed by atoms with Crippen molar-refractivity contribution in [3.63, 3.8) is 0 Å². The van der Waals surface area contributed by atoms with Crippen LogP contribution in [0.1, 0.15) is 51.9 Å². The van der Waals surface area contributed by atoms with Gasteiger partial charge in [0.1, 0.15) is 0 Å². The van der Waals surface area contributed by atoms with Gasteiger partial charge in [0.25, 0.3) is 0 Å². The second-order valence-corrected chi connectivity index (χ2v) is 5.94. The number of nitrogens with zero attached hydrogens (tertiary/aromatic N) is 1. The van der Waals surface area contributed by atoms with Gasteiger partial charge in [-0.15, -0.1) is 0 Å². The van der Waals surface area contributed by atoms with Crippen molar-refractivity contribution in [2.75, 3.05) is 19.6 Å². The molecule has 0 bridgehead atoms. The molecule has 94 valence electrons. The molecule has 2 rings (SSSR count). The van der Waals surface area contributed by atoms with Crippen LogP contribution in [0.4, 0.5) is 0 Å². The molecule has 0 aromatic heterocycles. The van der Waals surface area contributed by atoms with Crippen LogP contribution in [0.25, 0.3) is 0 Å². The quantitative estimate of drug-likeness (QED) is 0.798. The number of hydrogen-bond donors (Lipinski definition) is 1. The zero-order valence-electron chi connectivity index (χ0n) is 10.8. The van der Waals surface area contributed by atoms with E-state index in [4.69, 9.17) is 5.73 Å². The van der Waals surface area contributed by atoms with E-state index in [0.29, 0.717) is 6.04 Å². The fraction of sp³-hybridized carbons (Fsp3) is 1.00. The average Bonchev–Trinajstić information content (AvgIpc) is 2.55. The Labute approximate surface area is 101 Å². The summed E-state index contributed by atoms with van der Waals surface area (Å²) >= 11 is 0. The van der Waals surface area contributed by atoms with E-state index in [1.165, 1.54) is 64.6 Å². The summed E-state index contributed by atoms with van der Waals surface area (Å²) < 4.78 is 0. The molecule has 3 unspecified atom stereocenters. The van der Waals surface area contributed by atoms with Crippen LogP contribution in [0.15, 0.2) is 0 Å². The van der Waals surface area contributed by atoms with Gasteiger partial charge < -0.3 is 10.6 Å². The third kappa shape index (κ3) is 3.46. The van der Waals surface area contributed by atoms with Crippen LogP contribution in [0.2, 0.25) is 0 Å². The van der Waals surface area contributed by atoms with Gasteiger partial charge in [0.2, 0.25) is 0 Å². The smallest absolute Gasteiger partial charge is 0.00420 e. The van der Waals surface area contributed by atoms with Crippen LogP contribution in [-0.4, -0.2) is 30.6 Å². The number of rotatable bonds is 3. The summed E-state index contributed by atoms with van der Waals surface area (Å²) in [6, 6.07) is 0.500. The van der Waals surface area contributed by atoms with Gasteiger partial charge in [0, 0.05) is 12.6 Å². The van der Waals surface area contributed by atoms with Crippen LogP contribution in [0, 0.1) is 11.8 Å². The predicted molar refractivity (Wildman–Crippen MR) is 69.4 cm³/mol. The minimum Gasteiger partial charge on any atom is -0.328 e. The Balaban J connectivity index is 1.73. The molecule has 2 fully saturated rings. The van der Waals surface area contributed by atoms with Crippen LogP contribution >= 0.6 is 0 Å². The topological polar surface area (TPSA) is 29.3 Å². The van der Waals surface area contributed by atoms with Gasteiger partial charge in [-0.25, -0.2) is 0 Å². The Kier molecular flexibility index (Phi) is 4.66. The summed E-state index contributed by atoms with van der Waals surface area (Å²) in [6.45, 7) is 6.34. The van der Waals surface area contributed by atoms with E-state index < -0.39 is 0 Å². The zero-order chi connectivity index (χ0) is 11.4. The first-order valence-electron chi connectivity index (χ1n) is 7.26. The molecule has 1 aliphatic heterocycles. The van der Waals surface area contributed by atoms with E-state index in [0.717, 1.165) is 11.8 Å². The van der Waals surface area contributed by atoms with Gasteiger partial charge in [-0.05, 0) is 63.5 Å². The second kappa shape index (κ2) is 6.02. The van der Waals surface area contributed by atoms with E-state index in [9.17, 15) is 0 Å². The summed E-state index contributed by atoms with van der Waals surface area (Å²) in [4.78, 5) is 2.71. The number of hydrogen-bond acceptors (Lipinski definition) is 2. The van der Waals surface area contributed by atoms with Crippen molar-refractivity contribution in [3.05, 3.63) is 0 Å². The van der Waals surface area contributed by atoms with Crippen LogP contribution in [0.3, 0.4) is 0 Å². The highest BCUT2D eigenvalue weighted by Gasteiger charge is 2.24. The lowest BCUT2D eigenvalue weighted by molar-refractivity contribution is 0.236. The highest BCUT2D eigenvalue weighted by molar-refractivity contribution is 4.81. The summed E-state index contributed by atoms with van der Waals surface area (Å²) in [5, 5.41) is 0. The summed E-state index contributed by atoms with van der Waals surface area (Å²) in [5.74, 6) is 1.89. The molecule has 2 N–H and O–H groups in total. The summed E-state index contributed by atoms with van der Waals surface area (Å²) in [7, 11) is 0. The molecule has 0 spiro atoms. The van der Waals surface area contributed by atoms with Crippen molar-refractivity contribution in [2.24, 2.45) is 17.6 Å². The van der Waals surface area contributed by atoms with Crippen LogP contribution in [0.5, 0.6) is 0 Å². The monoisotopic (exact) mass is 224 g/mol. The lowest BCUT2D eigenvalue weighted by Crippen LogP contribution is -2.30. The Morgan fingerprint density at radius 2 is 1.94 bits per heavy atom. The first-order valence-corrected chi connectivity index (χ1v) is 7.26. The van der Waals surface area contributed by atoms with Gasteiger partial charge in [-0.3, -0.25) is 0 Å². The third-order valence-electron chi connectivity index (χ3n) is 4.62. The predicted octanol–water partition coefficient (Wildman–Crippen LogP) is 2.63. The maximum Gasteiger partial charge on any atom is 0.00420 e. The summed E-state index contributed by atoms with van der Waals surface area (Å²) in [6.07, 6.45) is 9.57. The molecule has 2 aliphatic rings. The van der Waals surface area contributed by atoms with Gasteiger partial charge in [0.05, 0.1) is 0 Å².